The third-order valence-electron chi connectivity index (χ3n) is 3.25. The summed E-state index contributed by atoms with van der Waals surface area (Å²) in [7, 11) is 1.64. The van der Waals surface area contributed by atoms with Crippen LogP contribution in [0.25, 0.3) is 0 Å². The molecule has 1 aromatic carbocycles. The normalized spacial score (nSPS) is 12.8. The molecule has 0 aliphatic rings. The third kappa shape index (κ3) is 4.14. The molecular weight excluding hydrogens is 258 g/mol. The average molecular weight is 280 g/mol. The number of alkyl halides is 1. The fraction of sp³-hybridized carbons (Fsp3) is 0.562. The number of methoxy groups -OCH3 is 1. The van der Waals surface area contributed by atoms with E-state index in [4.69, 9.17) is 16.3 Å². The number of benzene rings is 1. The summed E-state index contributed by atoms with van der Waals surface area (Å²) in [6.07, 6.45) is 1.60. The van der Waals surface area contributed by atoms with Gasteiger partial charge in [0.05, 0.1) is 19.1 Å². The number of nitrogens with zero attached hydrogens (tertiary/aromatic N) is 1. The highest BCUT2D eigenvalue weighted by atomic mass is 35.5. The van der Waals surface area contributed by atoms with Gasteiger partial charge in [-0.2, -0.15) is 5.26 Å². The van der Waals surface area contributed by atoms with E-state index in [0.29, 0.717) is 5.88 Å². The van der Waals surface area contributed by atoms with Gasteiger partial charge in [-0.3, -0.25) is 0 Å². The van der Waals surface area contributed by atoms with Crippen LogP contribution in [0.15, 0.2) is 18.2 Å². The largest absolute Gasteiger partial charge is 0.496 e. The second-order valence-corrected chi connectivity index (χ2v) is 6.10. The highest BCUT2D eigenvalue weighted by molar-refractivity contribution is 6.17. The number of hydrogen-bond donors (Lipinski definition) is 0. The summed E-state index contributed by atoms with van der Waals surface area (Å²) in [5.41, 5.74) is 2.25. The third-order valence-corrected chi connectivity index (χ3v) is 3.52. The molecule has 0 aromatic heterocycles. The predicted octanol–water partition coefficient (Wildman–Crippen LogP) is 4.62. The highest BCUT2D eigenvalue weighted by Gasteiger charge is 2.20. The van der Waals surface area contributed by atoms with Crippen molar-refractivity contribution in [2.24, 2.45) is 0 Å². The van der Waals surface area contributed by atoms with Crippen LogP contribution in [-0.2, 0) is 5.41 Å². The smallest absolute Gasteiger partial charge is 0.123 e. The Hall–Kier alpha value is -1.20. The molecule has 1 rings (SSSR count). The van der Waals surface area contributed by atoms with Gasteiger partial charge in [0, 0.05) is 11.4 Å². The van der Waals surface area contributed by atoms with E-state index in [1.165, 1.54) is 5.56 Å². The fourth-order valence-corrected chi connectivity index (χ4v) is 2.20. The molecule has 1 unspecified atom stereocenters. The van der Waals surface area contributed by atoms with Crippen LogP contribution in [0, 0.1) is 11.3 Å². The maximum atomic E-state index is 9.37. The molecule has 0 saturated carbocycles. The SMILES string of the molecule is COc1ccc(C(C)(C)C)cc1C(C#N)CCCCl. The molecule has 2 nitrogen and oxygen atoms in total. The first-order valence-corrected chi connectivity index (χ1v) is 7.11. The monoisotopic (exact) mass is 279 g/mol. The van der Waals surface area contributed by atoms with Crippen molar-refractivity contribution in [1.29, 1.82) is 5.26 Å². The van der Waals surface area contributed by atoms with Crippen molar-refractivity contribution in [3.05, 3.63) is 29.3 Å². The number of nitriles is 1. The van der Waals surface area contributed by atoms with Gasteiger partial charge in [-0.05, 0) is 29.9 Å². The van der Waals surface area contributed by atoms with E-state index >= 15 is 0 Å². The second-order valence-electron chi connectivity index (χ2n) is 5.72. The summed E-state index contributed by atoms with van der Waals surface area (Å²) in [5.74, 6) is 1.21. The van der Waals surface area contributed by atoms with Gasteiger partial charge >= 0.3 is 0 Å². The van der Waals surface area contributed by atoms with Gasteiger partial charge in [0.1, 0.15) is 5.75 Å². The minimum Gasteiger partial charge on any atom is -0.496 e. The Balaban J connectivity index is 3.18. The second kappa shape index (κ2) is 6.82. The Morgan fingerprint density at radius 1 is 1.37 bits per heavy atom. The molecule has 0 N–H and O–H groups in total. The predicted molar refractivity (Wildman–Crippen MR) is 80.0 cm³/mol. The van der Waals surface area contributed by atoms with Crippen LogP contribution in [0.3, 0.4) is 0 Å². The molecule has 0 heterocycles. The Kier molecular flexibility index (Phi) is 5.69. The first-order chi connectivity index (χ1) is 8.93. The molecule has 0 spiro atoms. The molecule has 0 bridgehead atoms. The van der Waals surface area contributed by atoms with Crippen LogP contribution >= 0.6 is 11.6 Å². The first-order valence-electron chi connectivity index (χ1n) is 6.58. The summed E-state index contributed by atoms with van der Waals surface area (Å²) >= 11 is 5.73. The lowest BCUT2D eigenvalue weighted by atomic mass is 9.83. The van der Waals surface area contributed by atoms with Gasteiger partial charge in [-0.25, -0.2) is 0 Å². The molecule has 0 radical (unpaired) electrons. The minimum atomic E-state index is -0.156. The zero-order chi connectivity index (χ0) is 14.5. The van der Waals surface area contributed by atoms with Gasteiger partial charge < -0.3 is 4.74 Å². The van der Waals surface area contributed by atoms with E-state index in [0.717, 1.165) is 24.2 Å². The first kappa shape index (κ1) is 15.9. The summed E-state index contributed by atoms with van der Waals surface area (Å²) in [6.45, 7) is 6.50. The molecule has 0 aliphatic heterocycles. The maximum Gasteiger partial charge on any atom is 0.123 e. The van der Waals surface area contributed by atoms with Crippen LogP contribution in [-0.4, -0.2) is 13.0 Å². The lowest BCUT2D eigenvalue weighted by Gasteiger charge is -2.22. The van der Waals surface area contributed by atoms with E-state index in [1.807, 2.05) is 6.07 Å². The van der Waals surface area contributed by atoms with Gasteiger partial charge in [-0.15, -0.1) is 11.6 Å². The van der Waals surface area contributed by atoms with Gasteiger partial charge in [0.2, 0.25) is 0 Å². The zero-order valence-corrected chi connectivity index (χ0v) is 12.9. The van der Waals surface area contributed by atoms with E-state index in [2.05, 4.69) is 39.0 Å². The van der Waals surface area contributed by atoms with Crippen molar-refractivity contribution >= 4 is 11.6 Å². The molecule has 0 amide bonds. The summed E-state index contributed by atoms with van der Waals surface area (Å²) in [5, 5.41) is 9.37. The standard InChI is InChI=1S/C16H22ClNO/c1-16(2,3)13-7-8-15(19-4)14(10-13)12(11-18)6-5-9-17/h7-8,10,12H,5-6,9H2,1-4H3. The molecular formula is C16H22ClNO. The number of rotatable bonds is 5. The zero-order valence-electron chi connectivity index (χ0n) is 12.2. The quantitative estimate of drug-likeness (QED) is 0.737. The molecule has 0 fully saturated rings. The Morgan fingerprint density at radius 2 is 2.05 bits per heavy atom. The van der Waals surface area contributed by atoms with Crippen LogP contribution in [0.5, 0.6) is 5.75 Å². The van der Waals surface area contributed by atoms with Crippen molar-refractivity contribution in [2.45, 2.75) is 44.9 Å². The van der Waals surface area contributed by atoms with Gasteiger partial charge in [-0.1, -0.05) is 32.9 Å². The molecule has 1 aromatic rings. The molecule has 0 aliphatic carbocycles. The van der Waals surface area contributed by atoms with Crippen molar-refractivity contribution in [1.82, 2.24) is 0 Å². The van der Waals surface area contributed by atoms with Crippen molar-refractivity contribution in [2.75, 3.05) is 13.0 Å². The number of halogens is 1. The van der Waals surface area contributed by atoms with Crippen LogP contribution in [0.4, 0.5) is 0 Å². The van der Waals surface area contributed by atoms with Crippen LogP contribution in [0.2, 0.25) is 0 Å². The number of ether oxygens (including phenoxy) is 1. The molecule has 1 atom stereocenters. The average Bonchev–Trinajstić information content (AvgIpc) is 2.38. The lowest BCUT2D eigenvalue weighted by molar-refractivity contribution is 0.406. The maximum absolute atomic E-state index is 9.37. The van der Waals surface area contributed by atoms with Crippen molar-refractivity contribution in [3.63, 3.8) is 0 Å². The topological polar surface area (TPSA) is 33.0 Å². The van der Waals surface area contributed by atoms with E-state index < -0.39 is 0 Å². The lowest BCUT2D eigenvalue weighted by Crippen LogP contribution is -2.12. The number of hydrogen-bond acceptors (Lipinski definition) is 2. The summed E-state index contributed by atoms with van der Waals surface area (Å²) in [4.78, 5) is 0. The van der Waals surface area contributed by atoms with E-state index in [1.54, 1.807) is 7.11 Å². The van der Waals surface area contributed by atoms with Crippen molar-refractivity contribution < 1.29 is 4.74 Å². The summed E-state index contributed by atoms with van der Waals surface area (Å²) in [6, 6.07) is 8.49. The van der Waals surface area contributed by atoms with Gasteiger partial charge in [0.25, 0.3) is 0 Å². The Labute approximate surface area is 121 Å². The highest BCUT2D eigenvalue weighted by Crippen LogP contribution is 2.34. The molecule has 0 saturated heterocycles. The van der Waals surface area contributed by atoms with E-state index in [-0.39, 0.29) is 11.3 Å². The molecule has 19 heavy (non-hydrogen) atoms. The fourth-order valence-electron chi connectivity index (χ4n) is 2.04. The Bertz CT molecular complexity index is 457. The van der Waals surface area contributed by atoms with Crippen LogP contribution in [0.1, 0.15) is 50.7 Å². The Morgan fingerprint density at radius 3 is 2.53 bits per heavy atom. The minimum absolute atomic E-state index is 0.0630. The van der Waals surface area contributed by atoms with E-state index in [9.17, 15) is 5.26 Å². The van der Waals surface area contributed by atoms with Crippen LogP contribution < -0.4 is 4.74 Å². The summed E-state index contributed by atoms with van der Waals surface area (Å²) < 4.78 is 5.39. The van der Waals surface area contributed by atoms with Gasteiger partial charge in [0.15, 0.2) is 0 Å². The molecule has 3 heteroatoms. The van der Waals surface area contributed by atoms with Crippen molar-refractivity contribution in [3.8, 4) is 11.8 Å². The molecule has 104 valence electrons.